The van der Waals surface area contributed by atoms with Crippen LogP contribution in [0.4, 0.5) is 0 Å². The Morgan fingerprint density at radius 3 is 2.53 bits per heavy atom. The van der Waals surface area contributed by atoms with Crippen molar-refractivity contribution < 1.29 is 14.3 Å². The van der Waals surface area contributed by atoms with Gasteiger partial charge in [0.15, 0.2) is 0 Å². The highest BCUT2D eigenvalue weighted by Gasteiger charge is 2.47. The van der Waals surface area contributed by atoms with E-state index in [0.29, 0.717) is 32.5 Å². The van der Waals surface area contributed by atoms with Gasteiger partial charge in [-0.15, -0.1) is 0 Å². The van der Waals surface area contributed by atoms with Gasteiger partial charge in [-0.25, -0.2) is 0 Å². The number of methoxy groups -OCH3 is 1. The second-order valence-electron chi connectivity index (χ2n) is 8.50. The molecule has 2 aromatic rings. The molecule has 0 bridgehead atoms. The Balaban J connectivity index is 1.54. The molecule has 1 saturated heterocycles. The number of benzene rings is 2. The lowest BCUT2D eigenvalue weighted by atomic mass is 9.79. The van der Waals surface area contributed by atoms with Crippen molar-refractivity contribution in [2.45, 2.75) is 32.6 Å². The molecule has 2 amide bonds. The molecule has 1 atom stereocenters. The van der Waals surface area contributed by atoms with E-state index < -0.39 is 5.41 Å². The Morgan fingerprint density at radius 1 is 1.13 bits per heavy atom. The fourth-order valence-electron chi connectivity index (χ4n) is 4.48. The molecule has 1 N–H and O–H groups in total. The van der Waals surface area contributed by atoms with Gasteiger partial charge in [-0.1, -0.05) is 42.5 Å². The summed E-state index contributed by atoms with van der Waals surface area (Å²) in [7, 11) is 1.68. The summed E-state index contributed by atoms with van der Waals surface area (Å²) in [6.45, 7) is 3.73. The molecule has 5 nitrogen and oxygen atoms in total. The van der Waals surface area contributed by atoms with Crippen molar-refractivity contribution in [1.82, 2.24) is 10.2 Å². The van der Waals surface area contributed by atoms with E-state index in [4.69, 9.17) is 4.74 Å². The molecule has 1 heterocycles. The first-order chi connectivity index (χ1) is 14.6. The van der Waals surface area contributed by atoms with Crippen LogP contribution in [-0.2, 0) is 16.0 Å². The van der Waals surface area contributed by atoms with Crippen molar-refractivity contribution in [3.05, 3.63) is 54.1 Å². The minimum absolute atomic E-state index is 0.0601. The van der Waals surface area contributed by atoms with Gasteiger partial charge in [0.2, 0.25) is 11.8 Å². The molecule has 1 saturated carbocycles. The number of carbonyl (C=O) groups is 2. The van der Waals surface area contributed by atoms with Crippen LogP contribution in [0.15, 0.2) is 48.5 Å². The molecule has 2 aliphatic rings. The Kier molecular flexibility index (Phi) is 5.80. The summed E-state index contributed by atoms with van der Waals surface area (Å²) in [4.78, 5) is 27.5. The number of rotatable bonds is 7. The maximum Gasteiger partial charge on any atom is 0.228 e. The van der Waals surface area contributed by atoms with Crippen LogP contribution in [0, 0.1) is 11.3 Å². The second kappa shape index (κ2) is 8.50. The highest BCUT2D eigenvalue weighted by atomic mass is 16.5. The predicted molar refractivity (Wildman–Crippen MR) is 117 cm³/mol. The largest absolute Gasteiger partial charge is 0.496 e. The van der Waals surface area contributed by atoms with Crippen molar-refractivity contribution in [3.8, 4) is 16.9 Å². The first kappa shape index (κ1) is 20.5. The zero-order valence-corrected chi connectivity index (χ0v) is 17.8. The summed E-state index contributed by atoms with van der Waals surface area (Å²) in [5.41, 5.74) is 2.69. The summed E-state index contributed by atoms with van der Waals surface area (Å²) in [5.74, 6) is 1.32. The SMILES string of the molecule is CCNC(=O)C1(Cc2ccc(-c3ccccc3OC)cc2)CCN(C(=O)C2CC2)C1. The van der Waals surface area contributed by atoms with Crippen LogP contribution >= 0.6 is 0 Å². The maximum atomic E-state index is 13.0. The van der Waals surface area contributed by atoms with E-state index >= 15 is 0 Å². The quantitative estimate of drug-likeness (QED) is 0.763. The molecule has 0 aromatic heterocycles. The summed E-state index contributed by atoms with van der Waals surface area (Å²) in [6.07, 6.45) is 3.34. The van der Waals surface area contributed by atoms with E-state index in [1.54, 1.807) is 7.11 Å². The zero-order valence-electron chi connectivity index (χ0n) is 17.8. The van der Waals surface area contributed by atoms with Crippen molar-refractivity contribution in [3.63, 3.8) is 0 Å². The normalized spacial score (nSPS) is 20.8. The Bertz CT molecular complexity index is 920. The van der Waals surface area contributed by atoms with Crippen LogP contribution in [-0.4, -0.2) is 43.5 Å². The second-order valence-corrected chi connectivity index (χ2v) is 8.50. The van der Waals surface area contributed by atoms with Gasteiger partial charge >= 0.3 is 0 Å². The van der Waals surface area contributed by atoms with E-state index in [1.807, 2.05) is 36.1 Å². The first-order valence-corrected chi connectivity index (χ1v) is 10.9. The van der Waals surface area contributed by atoms with E-state index in [-0.39, 0.29) is 17.7 Å². The topological polar surface area (TPSA) is 58.6 Å². The highest BCUT2D eigenvalue weighted by molar-refractivity contribution is 5.87. The lowest BCUT2D eigenvalue weighted by Crippen LogP contribution is -2.45. The van der Waals surface area contributed by atoms with Gasteiger partial charge in [0.1, 0.15) is 5.75 Å². The van der Waals surface area contributed by atoms with Crippen molar-refractivity contribution in [2.75, 3.05) is 26.7 Å². The van der Waals surface area contributed by atoms with Gasteiger partial charge in [-0.05, 0) is 49.8 Å². The summed E-state index contributed by atoms with van der Waals surface area (Å²) in [6, 6.07) is 16.3. The molecule has 5 heteroatoms. The van der Waals surface area contributed by atoms with Gasteiger partial charge < -0.3 is 15.0 Å². The van der Waals surface area contributed by atoms with Crippen LogP contribution in [0.3, 0.4) is 0 Å². The number of nitrogens with zero attached hydrogens (tertiary/aromatic N) is 1. The number of para-hydroxylation sites is 1. The molecule has 1 aliphatic heterocycles. The number of amides is 2. The van der Waals surface area contributed by atoms with Gasteiger partial charge in [0.25, 0.3) is 0 Å². The molecule has 0 radical (unpaired) electrons. The van der Waals surface area contributed by atoms with Crippen LogP contribution < -0.4 is 10.1 Å². The third kappa shape index (κ3) is 4.07. The number of hydrogen-bond acceptors (Lipinski definition) is 3. The van der Waals surface area contributed by atoms with Crippen molar-refractivity contribution in [2.24, 2.45) is 11.3 Å². The van der Waals surface area contributed by atoms with Gasteiger partial charge in [-0.2, -0.15) is 0 Å². The number of carbonyl (C=O) groups excluding carboxylic acids is 2. The summed E-state index contributed by atoms with van der Waals surface area (Å²) >= 11 is 0. The highest BCUT2D eigenvalue weighted by Crippen LogP contribution is 2.39. The molecule has 4 rings (SSSR count). The van der Waals surface area contributed by atoms with E-state index in [0.717, 1.165) is 35.3 Å². The molecule has 158 valence electrons. The van der Waals surface area contributed by atoms with Crippen molar-refractivity contribution in [1.29, 1.82) is 0 Å². The van der Waals surface area contributed by atoms with Crippen LogP contribution in [0.1, 0.15) is 31.7 Å². The smallest absolute Gasteiger partial charge is 0.228 e. The van der Waals surface area contributed by atoms with Crippen molar-refractivity contribution >= 4 is 11.8 Å². The molecule has 1 aliphatic carbocycles. The fourth-order valence-corrected chi connectivity index (χ4v) is 4.48. The van der Waals surface area contributed by atoms with Gasteiger partial charge in [0.05, 0.1) is 12.5 Å². The predicted octanol–water partition coefficient (Wildman–Crippen LogP) is 3.67. The molecule has 0 spiro atoms. The fraction of sp³-hybridized carbons (Fsp3) is 0.440. The van der Waals surface area contributed by atoms with E-state index in [9.17, 15) is 9.59 Å². The number of likely N-dealkylation sites (tertiary alicyclic amines) is 1. The standard InChI is InChI=1S/C25H30N2O3/c1-3-26-24(29)25(14-15-27(17-25)23(28)20-12-13-20)16-18-8-10-19(11-9-18)21-6-4-5-7-22(21)30-2/h4-11,20H,3,12-17H2,1-2H3,(H,26,29). The van der Waals surface area contributed by atoms with Gasteiger partial charge in [0, 0.05) is 31.1 Å². The molecular formula is C25H30N2O3. The number of nitrogens with one attached hydrogen (secondary N) is 1. The third-order valence-corrected chi connectivity index (χ3v) is 6.33. The lowest BCUT2D eigenvalue weighted by molar-refractivity contribution is -0.134. The molecule has 1 unspecified atom stereocenters. The Morgan fingerprint density at radius 2 is 1.87 bits per heavy atom. The summed E-state index contributed by atoms with van der Waals surface area (Å²) in [5, 5.41) is 3.01. The van der Waals surface area contributed by atoms with E-state index in [1.165, 1.54) is 0 Å². The third-order valence-electron chi connectivity index (χ3n) is 6.33. The monoisotopic (exact) mass is 406 g/mol. The van der Waals surface area contributed by atoms with Crippen LogP contribution in [0.5, 0.6) is 5.75 Å². The first-order valence-electron chi connectivity index (χ1n) is 10.9. The number of ether oxygens (including phenoxy) is 1. The zero-order chi connectivity index (χ0) is 21.1. The van der Waals surface area contributed by atoms with Crippen LogP contribution in [0.25, 0.3) is 11.1 Å². The van der Waals surface area contributed by atoms with Gasteiger partial charge in [-0.3, -0.25) is 9.59 Å². The Hall–Kier alpha value is -2.82. The summed E-state index contributed by atoms with van der Waals surface area (Å²) < 4.78 is 5.48. The molecule has 30 heavy (non-hydrogen) atoms. The molecular weight excluding hydrogens is 376 g/mol. The minimum atomic E-state index is -0.549. The average molecular weight is 407 g/mol. The molecule has 2 fully saturated rings. The maximum absolute atomic E-state index is 13.0. The van der Waals surface area contributed by atoms with Crippen LogP contribution in [0.2, 0.25) is 0 Å². The average Bonchev–Trinajstić information content (AvgIpc) is 3.54. The molecule has 2 aromatic carbocycles. The number of hydrogen-bond donors (Lipinski definition) is 1. The lowest BCUT2D eigenvalue weighted by Gasteiger charge is -2.28. The minimum Gasteiger partial charge on any atom is -0.496 e. The van der Waals surface area contributed by atoms with E-state index in [2.05, 4.69) is 29.6 Å². The Labute approximate surface area is 178 Å².